The van der Waals surface area contributed by atoms with Gasteiger partial charge in [0, 0.05) is 19.8 Å². The number of rotatable bonds is 6. The maximum atomic E-state index is 5.13. The number of nitrogens with one attached hydrogen (secondary N) is 1. The van der Waals surface area contributed by atoms with Crippen molar-refractivity contribution >= 4 is 0 Å². The maximum absolute atomic E-state index is 5.13. The van der Waals surface area contributed by atoms with Gasteiger partial charge in [0.1, 0.15) is 5.75 Å². The van der Waals surface area contributed by atoms with Gasteiger partial charge in [-0.05, 0) is 36.7 Å². The molecule has 4 heteroatoms. The number of aromatic nitrogens is 2. The number of nitrogens with zero attached hydrogens (tertiary/aromatic N) is 2. The van der Waals surface area contributed by atoms with Gasteiger partial charge in [-0.2, -0.15) is 5.10 Å². The van der Waals surface area contributed by atoms with Crippen LogP contribution in [0.1, 0.15) is 11.3 Å². The average Bonchev–Trinajstić information content (AvgIpc) is 2.81. The molecule has 0 radical (unpaired) electrons. The van der Waals surface area contributed by atoms with E-state index in [0.29, 0.717) is 0 Å². The molecule has 0 spiro atoms. The molecule has 0 saturated heterocycles. The summed E-state index contributed by atoms with van der Waals surface area (Å²) in [6.07, 6.45) is 2.97. The fourth-order valence-corrected chi connectivity index (χ4v) is 1.80. The van der Waals surface area contributed by atoms with Crippen molar-refractivity contribution in [3.63, 3.8) is 0 Å². The summed E-state index contributed by atoms with van der Waals surface area (Å²) in [4.78, 5) is 0. The lowest BCUT2D eigenvalue weighted by Crippen LogP contribution is -2.17. The summed E-state index contributed by atoms with van der Waals surface area (Å²) in [6.45, 7) is 1.76. The van der Waals surface area contributed by atoms with Crippen molar-refractivity contribution in [2.75, 3.05) is 13.7 Å². The molecule has 1 aromatic carbocycles. The first-order valence-electron chi connectivity index (χ1n) is 6.10. The molecular formula is C14H19N3O. The number of hydrogen-bond donors (Lipinski definition) is 1. The minimum atomic E-state index is 0.816. The fourth-order valence-electron chi connectivity index (χ4n) is 1.80. The second-order valence-corrected chi connectivity index (χ2v) is 4.26. The van der Waals surface area contributed by atoms with E-state index in [2.05, 4.69) is 22.5 Å². The van der Waals surface area contributed by atoms with Gasteiger partial charge in [-0.3, -0.25) is 4.68 Å². The van der Waals surface area contributed by atoms with Gasteiger partial charge in [0.05, 0.1) is 12.8 Å². The van der Waals surface area contributed by atoms with Crippen LogP contribution < -0.4 is 10.1 Å². The highest BCUT2D eigenvalue weighted by Gasteiger charge is 1.97. The van der Waals surface area contributed by atoms with Crippen LogP contribution in [0, 0.1) is 0 Å². The summed E-state index contributed by atoms with van der Waals surface area (Å²) < 4.78 is 6.95. The summed E-state index contributed by atoms with van der Waals surface area (Å²) in [5.74, 6) is 0.903. The van der Waals surface area contributed by atoms with E-state index in [1.54, 1.807) is 7.11 Å². The molecule has 2 aromatic rings. The van der Waals surface area contributed by atoms with Gasteiger partial charge in [-0.15, -0.1) is 0 Å². The van der Waals surface area contributed by atoms with Crippen LogP contribution in [0.25, 0.3) is 0 Å². The predicted octanol–water partition coefficient (Wildman–Crippen LogP) is 1.76. The van der Waals surface area contributed by atoms with Crippen LogP contribution in [0.2, 0.25) is 0 Å². The zero-order chi connectivity index (χ0) is 12.8. The van der Waals surface area contributed by atoms with Gasteiger partial charge in [0.2, 0.25) is 0 Å². The predicted molar refractivity (Wildman–Crippen MR) is 71.6 cm³/mol. The number of aryl methyl sites for hydroxylation is 1. The largest absolute Gasteiger partial charge is 0.497 e. The maximum Gasteiger partial charge on any atom is 0.118 e. The summed E-state index contributed by atoms with van der Waals surface area (Å²) in [7, 11) is 3.62. The zero-order valence-electron chi connectivity index (χ0n) is 10.9. The summed E-state index contributed by atoms with van der Waals surface area (Å²) in [6, 6.07) is 10.2. The van der Waals surface area contributed by atoms with E-state index in [9.17, 15) is 0 Å². The van der Waals surface area contributed by atoms with E-state index < -0.39 is 0 Å². The Morgan fingerprint density at radius 1 is 1.22 bits per heavy atom. The van der Waals surface area contributed by atoms with Crippen molar-refractivity contribution in [3.05, 3.63) is 47.8 Å². The summed E-state index contributed by atoms with van der Waals surface area (Å²) >= 11 is 0. The monoisotopic (exact) mass is 245 g/mol. The van der Waals surface area contributed by atoms with E-state index in [-0.39, 0.29) is 0 Å². The molecular weight excluding hydrogens is 226 g/mol. The molecule has 0 fully saturated rings. The van der Waals surface area contributed by atoms with Crippen LogP contribution in [0.5, 0.6) is 5.75 Å². The summed E-state index contributed by atoms with van der Waals surface area (Å²) in [5, 5.41) is 7.70. The number of benzene rings is 1. The van der Waals surface area contributed by atoms with E-state index in [1.807, 2.05) is 36.1 Å². The normalized spacial score (nSPS) is 10.6. The SMILES string of the molecule is COc1ccc(CCNCc2ccn(C)n2)cc1. The van der Waals surface area contributed by atoms with Gasteiger partial charge in [0.15, 0.2) is 0 Å². The van der Waals surface area contributed by atoms with Crippen molar-refractivity contribution in [1.29, 1.82) is 0 Å². The number of hydrogen-bond acceptors (Lipinski definition) is 3. The van der Waals surface area contributed by atoms with Crippen molar-refractivity contribution in [1.82, 2.24) is 15.1 Å². The van der Waals surface area contributed by atoms with Crippen LogP contribution >= 0.6 is 0 Å². The molecule has 2 rings (SSSR count). The van der Waals surface area contributed by atoms with E-state index in [0.717, 1.165) is 31.0 Å². The lowest BCUT2D eigenvalue weighted by molar-refractivity contribution is 0.414. The first-order chi connectivity index (χ1) is 8.78. The van der Waals surface area contributed by atoms with Gasteiger partial charge < -0.3 is 10.1 Å². The van der Waals surface area contributed by atoms with E-state index in [4.69, 9.17) is 4.74 Å². The number of methoxy groups -OCH3 is 1. The van der Waals surface area contributed by atoms with Crippen LogP contribution in [0.15, 0.2) is 36.5 Å². The number of ether oxygens (including phenoxy) is 1. The van der Waals surface area contributed by atoms with Crippen molar-refractivity contribution < 1.29 is 4.74 Å². The second-order valence-electron chi connectivity index (χ2n) is 4.26. The highest BCUT2D eigenvalue weighted by molar-refractivity contribution is 5.27. The third-order valence-electron chi connectivity index (χ3n) is 2.82. The molecule has 1 heterocycles. The first kappa shape index (κ1) is 12.6. The average molecular weight is 245 g/mol. The third-order valence-corrected chi connectivity index (χ3v) is 2.82. The summed E-state index contributed by atoms with van der Waals surface area (Å²) in [5.41, 5.74) is 2.39. The molecule has 0 bridgehead atoms. The smallest absolute Gasteiger partial charge is 0.118 e. The van der Waals surface area contributed by atoms with Gasteiger partial charge >= 0.3 is 0 Å². The molecule has 18 heavy (non-hydrogen) atoms. The lowest BCUT2D eigenvalue weighted by atomic mass is 10.1. The van der Waals surface area contributed by atoms with Crippen LogP contribution in [-0.4, -0.2) is 23.4 Å². The molecule has 0 aliphatic rings. The minimum absolute atomic E-state index is 0.816. The van der Waals surface area contributed by atoms with Gasteiger partial charge in [-0.25, -0.2) is 0 Å². The molecule has 0 aliphatic carbocycles. The molecule has 0 aliphatic heterocycles. The topological polar surface area (TPSA) is 39.1 Å². The third kappa shape index (κ3) is 3.60. The highest BCUT2D eigenvalue weighted by Crippen LogP contribution is 2.11. The quantitative estimate of drug-likeness (QED) is 0.788. The van der Waals surface area contributed by atoms with E-state index in [1.165, 1.54) is 5.56 Å². The van der Waals surface area contributed by atoms with Gasteiger partial charge in [0.25, 0.3) is 0 Å². The Morgan fingerprint density at radius 3 is 2.61 bits per heavy atom. The Morgan fingerprint density at radius 2 is 2.00 bits per heavy atom. The molecule has 0 amide bonds. The Bertz CT molecular complexity index is 476. The Balaban J connectivity index is 1.71. The standard InChI is InChI=1S/C14H19N3O/c1-17-10-8-13(16-17)11-15-9-7-12-3-5-14(18-2)6-4-12/h3-6,8,10,15H,7,9,11H2,1-2H3. The van der Waals surface area contributed by atoms with Crippen LogP contribution in [-0.2, 0) is 20.0 Å². The van der Waals surface area contributed by atoms with Crippen molar-refractivity contribution in [2.45, 2.75) is 13.0 Å². The molecule has 0 saturated carbocycles. The molecule has 96 valence electrons. The molecule has 0 atom stereocenters. The molecule has 4 nitrogen and oxygen atoms in total. The van der Waals surface area contributed by atoms with E-state index >= 15 is 0 Å². The van der Waals surface area contributed by atoms with Crippen LogP contribution in [0.4, 0.5) is 0 Å². The fraction of sp³-hybridized carbons (Fsp3) is 0.357. The minimum Gasteiger partial charge on any atom is -0.497 e. The second kappa shape index (κ2) is 6.21. The molecule has 0 unspecified atom stereocenters. The molecule has 1 N–H and O–H groups in total. The highest BCUT2D eigenvalue weighted by atomic mass is 16.5. The zero-order valence-corrected chi connectivity index (χ0v) is 10.9. The Kier molecular flexibility index (Phi) is 4.36. The lowest BCUT2D eigenvalue weighted by Gasteiger charge is -2.04. The molecule has 1 aromatic heterocycles. The van der Waals surface area contributed by atoms with Crippen molar-refractivity contribution in [3.8, 4) is 5.75 Å². The van der Waals surface area contributed by atoms with Gasteiger partial charge in [-0.1, -0.05) is 12.1 Å². The van der Waals surface area contributed by atoms with Crippen molar-refractivity contribution in [2.24, 2.45) is 7.05 Å². The van der Waals surface area contributed by atoms with Crippen LogP contribution in [0.3, 0.4) is 0 Å². The first-order valence-corrected chi connectivity index (χ1v) is 6.10. The Hall–Kier alpha value is -1.81. The Labute approximate surface area is 108 Å².